The number of esters is 1. The maximum atomic E-state index is 10.6. The number of furan rings is 1. The molecule has 64 valence electrons. The van der Waals surface area contributed by atoms with Crippen LogP contribution in [-0.2, 0) is 9.53 Å². The number of rotatable bonds is 2. The van der Waals surface area contributed by atoms with Crippen molar-refractivity contribution in [3.8, 4) is 0 Å². The first-order chi connectivity index (χ1) is 5.72. The highest BCUT2D eigenvalue weighted by Gasteiger charge is 1.96. The molecular weight excluding hydrogens is 180 g/mol. The van der Waals surface area contributed by atoms with Crippen molar-refractivity contribution < 1.29 is 13.9 Å². The Morgan fingerprint density at radius 2 is 2.42 bits per heavy atom. The number of halogens is 1. The lowest BCUT2D eigenvalue weighted by Crippen LogP contribution is -1.92. The Kier molecular flexibility index (Phi) is 2.94. The van der Waals surface area contributed by atoms with E-state index in [-0.39, 0.29) is 0 Å². The molecule has 1 heterocycles. The third kappa shape index (κ3) is 2.43. The molecular formula is C8H7ClO3. The van der Waals surface area contributed by atoms with Crippen LogP contribution >= 0.6 is 11.6 Å². The van der Waals surface area contributed by atoms with Gasteiger partial charge in [0.2, 0.25) is 0 Å². The molecule has 12 heavy (non-hydrogen) atoms. The molecule has 1 aromatic heterocycles. The van der Waals surface area contributed by atoms with Crippen molar-refractivity contribution >= 4 is 23.6 Å². The summed E-state index contributed by atoms with van der Waals surface area (Å²) in [7, 11) is 1.31. The molecule has 0 N–H and O–H groups in total. The molecule has 1 aromatic rings. The highest BCUT2D eigenvalue weighted by atomic mass is 35.5. The first-order valence-corrected chi connectivity index (χ1v) is 3.61. The summed E-state index contributed by atoms with van der Waals surface area (Å²) in [6, 6.07) is 3.25. The van der Waals surface area contributed by atoms with E-state index in [0.717, 1.165) is 0 Å². The van der Waals surface area contributed by atoms with Gasteiger partial charge in [0.15, 0.2) is 5.22 Å². The molecule has 0 aromatic carbocycles. The third-order valence-electron chi connectivity index (χ3n) is 1.18. The topological polar surface area (TPSA) is 39.4 Å². The molecule has 0 saturated heterocycles. The fraction of sp³-hybridized carbons (Fsp3) is 0.125. The van der Waals surface area contributed by atoms with Gasteiger partial charge in [0.25, 0.3) is 0 Å². The monoisotopic (exact) mass is 186 g/mol. The van der Waals surface area contributed by atoms with Gasteiger partial charge in [-0.05, 0) is 29.8 Å². The average Bonchev–Trinajstić information content (AvgIpc) is 2.47. The minimum atomic E-state index is -0.428. The lowest BCUT2D eigenvalue weighted by Gasteiger charge is -1.87. The summed E-state index contributed by atoms with van der Waals surface area (Å²) in [4.78, 5) is 10.6. The molecule has 4 heteroatoms. The Balaban J connectivity index is 2.63. The maximum Gasteiger partial charge on any atom is 0.330 e. The fourth-order valence-electron chi connectivity index (χ4n) is 0.636. The summed E-state index contributed by atoms with van der Waals surface area (Å²) in [5.41, 5.74) is 0. The van der Waals surface area contributed by atoms with E-state index in [0.29, 0.717) is 11.0 Å². The van der Waals surface area contributed by atoms with Crippen LogP contribution in [0.3, 0.4) is 0 Å². The standard InChI is InChI=1S/C8H7ClO3/c1-11-8(10)5-3-6-2-4-7(9)12-6/h2-5H,1H3. The summed E-state index contributed by atoms with van der Waals surface area (Å²) in [5, 5.41) is 0.291. The van der Waals surface area contributed by atoms with Crippen LogP contribution < -0.4 is 0 Å². The van der Waals surface area contributed by atoms with Crippen molar-refractivity contribution in [3.63, 3.8) is 0 Å². The van der Waals surface area contributed by atoms with E-state index in [1.165, 1.54) is 19.3 Å². The summed E-state index contributed by atoms with van der Waals surface area (Å²) < 4.78 is 9.33. The predicted octanol–water partition coefficient (Wildman–Crippen LogP) is 2.12. The van der Waals surface area contributed by atoms with Gasteiger partial charge < -0.3 is 9.15 Å². The zero-order valence-corrected chi connectivity index (χ0v) is 7.17. The minimum Gasteiger partial charge on any atom is -0.466 e. The summed E-state index contributed by atoms with van der Waals surface area (Å²) in [6.45, 7) is 0. The summed E-state index contributed by atoms with van der Waals surface area (Å²) in [5.74, 6) is 0.0907. The number of carbonyl (C=O) groups excluding carboxylic acids is 1. The first kappa shape index (κ1) is 8.87. The SMILES string of the molecule is COC(=O)C=Cc1ccc(Cl)o1. The summed E-state index contributed by atoms with van der Waals surface area (Å²) >= 11 is 5.49. The molecule has 0 unspecified atom stereocenters. The number of carbonyl (C=O) groups is 1. The lowest BCUT2D eigenvalue weighted by molar-refractivity contribution is -0.134. The second-order valence-electron chi connectivity index (χ2n) is 2.00. The van der Waals surface area contributed by atoms with Gasteiger partial charge in [0.1, 0.15) is 5.76 Å². The van der Waals surface area contributed by atoms with Crippen LogP contribution in [0.4, 0.5) is 0 Å². The third-order valence-corrected chi connectivity index (χ3v) is 1.38. The molecule has 0 fully saturated rings. The Hall–Kier alpha value is -1.22. The van der Waals surface area contributed by atoms with Gasteiger partial charge >= 0.3 is 5.97 Å². The quantitative estimate of drug-likeness (QED) is 0.525. The molecule has 0 bridgehead atoms. The van der Waals surface area contributed by atoms with E-state index in [4.69, 9.17) is 16.0 Å². The molecule has 0 amide bonds. The highest BCUT2D eigenvalue weighted by molar-refractivity contribution is 6.28. The Labute approximate surface area is 74.6 Å². The van der Waals surface area contributed by atoms with Crippen molar-refractivity contribution in [2.45, 2.75) is 0 Å². The van der Waals surface area contributed by atoms with Gasteiger partial charge in [-0.25, -0.2) is 4.79 Å². The Morgan fingerprint density at radius 1 is 1.67 bits per heavy atom. The van der Waals surface area contributed by atoms with Crippen molar-refractivity contribution in [3.05, 3.63) is 29.2 Å². The molecule has 0 spiro atoms. The molecule has 0 atom stereocenters. The first-order valence-electron chi connectivity index (χ1n) is 3.24. The van der Waals surface area contributed by atoms with E-state index >= 15 is 0 Å². The number of methoxy groups -OCH3 is 1. The van der Waals surface area contributed by atoms with Gasteiger partial charge in [-0.2, -0.15) is 0 Å². The van der Waals surface area contributed by atoms with Crippen molar-refractivity contribution in [2.75, 3.05) is 7.11 Å². The smallest absolute Gasteiger partial charge is 0.330 e. The number of hydrogen-bond acceptors (Lipinski definition) is 3. The lowest BCUT2D eigenvalue weighted by atomic mass is 10.4. The zero-order valence-electron chi connectivity index (χ0n) is 6.41. The van der Waals surface area contributed by atoms with Crippen molar-refractivity contribution in [1.29, 1.82) is 0 Å². The van der Waals surface area contributed by atoms with Crippen LogP contribution in [0.25, 0.3) is 6.08 Å². The van der Waals surface area contributed by atoms with Gasteiger partial charge in [-0.15, -0.1) is 0 Å². The molecule has 1 rings (SSSR count). The summed E-state index contributed by atoms with van der Waals surface area (Å²) in [6.07, 6.45) is 2.74. The van der Waals surface area contributed by atoms with Crippen LogP contribution in [0.15, 0.2) is 22.6 Å². The van der Waals surface area contributed by atoms with Gasteiger partial charge in [0, 0.05) is 6.08 Å². The van der Waals surface area contributed by atoms with Crippen LogP contribution in [-0.4, -0.2) is 13.1 Å². The molecule has 3 nitrogen and oxygen atoms in total. The van der Waals surface area contributed by atoms with Crippen LogP contribution in [0.5, 0.6) is 0 Å². The Bertz CT molecular complexity index is 301. The maximum absolute atomic E-state index is 10.6. The largest absolute Gasteiger partial charge is 0.466 e. The fourth-order valence-corrected chi connectivity index (χ4v) is 0.788. The second kappa shape index (κ2) is 3.97. The van der Waals surface area contributed by atoms with Crippen LogP contribution in [0.1, 0.15) is 5.76 Å². The molecule has 0 aliphatic carbocycles. The van der Waals surface area contributed by atoms with E-state index in [1.807, 2.05) is 0 Å². The number of hydrogen-bond donors (Lipinski definition) is 0. The highest BCUT2D eigenvalue weighted by Crippen LogP contribution is 2.13. The molecule has 0 saturated carbocycles. The van der Waals surface area contributed by atoms with E-state index in [1.54, 1.807) is 12.1 Å². The van der Waals surface area contributed by atoms with E-state index < -0.39 is 5.97 Å². The average molecular weight is 187 g/mol. The van der Waals surface area contributed by atoms with Gasteiger partial charge in [-0.3, -0.25) is 0 Å². The molecule has 0 aliphatic heterocycles. The van der Waals surface area contributed by atoms with Gasteiger partial charge in [0.05, 0.1) is 7.11 Å². The van der Waals surface area contributed by atoms with E-state index in [9.17, 15) is 4.79 Å². The van der Waals surface area contributed by atoms with E-state index in [2.05, 4.69) is 4.74 Å². The van der Waals surface area contributed by atoms with Crippen molar-refractivity contribution in [1.82, 2.24) is 0 Å². The molecule has 0 aliphatic rings. The van der Waals surface area contributed by atoms with Gasteiger partial charge in [-0.1, -0.05) is 0 Å². The molecule has 0 radical (unpaired) electrons. The van der Waals surface area contributed by atoms with Crippen molar-refractivity contribution in [2.24, 2.45) is 0 Å². The normalized spacial score (nSPS) is 10.5. The van der Waals surface area contributed by atoms with Crippen LogP contribution in [0.2, 0.25) is 5.22 Å². The number of ether oxygens (including phenoxy) is 1. The zero-order chi connectivity index (χ0) is 8.97. The Morgan fingerprint density at radius 3 is 2.92 bits per heavy atom. The predicted molar refractivity (Wildman–Crippen MR) is 44.8 cm³/mol. The van der Waals surface area contributed by atoms with Crippen LogP contribution in [0, 0.1) is 0 Å². The minimum absolute atomic E-state index is 0.291. The second-order valence-corrected chi connectivity index (χ2v) is 2.37.